The molecule has 0 aliphatic carbocycles. The van der Waals surface area contributed by atoms with Crippen molar-refractivity contribution >= 4 is 5.91 Å². The summed E-state index contributed by atoms with van der Waals surface area (Å²) in [6.07, 6.45) is 1.85. The third kappa shape index (κ3) is 5.88. The van der Waals surface area contributed by atoms with Crippen molar-refractivity contribution in [3.8, 4) is 0 Å². The first kappa shape index (κ1) is 15.7. The zero-order valence-corrected chi connectivity index (χ0v) is 12.2. The monoisotopic (exact) mass is 263 g/mol. The molecule has 1 amide bonds. The summed E-state index contributed by atoms with van der Waals surface area (Å²) in [6, 6.07) is 10.3. The number of aliphatic hydroxyl groups excluding tert-OH is 1. The highest BCUT2D eigenvalue weighted by Crippen LogP contribution is 2.09. The van der Waals surface area contributed by atoms with E-state index >= 15 is 0 Å². The molecule has 0 fully saturated rings. The zero-order valence-electron chi connectivity index (χ0n) is 12.2. The Labute approximate surface area is 116 Å². The van der Waals surface area contributed by atoms with Crippen molar-refractivity contribution in [2.45, 2.75) is 52.2 Å². The van der Waals surface area contributed by atoms with Gasteiger partial charge in [-0.3, -0.25) is 4.79 Å². The van der Waals surface area contributed by atoms with Gasteiger partial charge < -0.3 is 10.0 Å². The maximum atomic E-state index is 12.1. The van der Waals surface area contributed by atoms with Crippen LogP contribution in [0.25, 0.3) is 0 Å². The van der Waals surface area contributed by atoms with E-state index in [1.54, 1.807) is 11.8 Å². The molecule has 3 nitrogen and oxygen atoms in total. The van der Waals surface area contributed by atoms with E-state index in [1.807, 2.05) is 32.0 Å². The number of hydrogen-bond donors (Lipinski definition) is 1. The molecule has 3 heteroatoms. The van der Waals surface area contributed by atoms with Gasteiger partial charge in [-0.15, -0.1) is 0 Å². The number of hydrogen-bond acceptors (Lipinski definition) is 2. The molecule has 0 spiro atoms. The van der Waals surface area contributed by atoms with Crippen molar-refractivity contribution in [1.82, 2.24) is 4.90 Å². The predicted molar refractivity (Wildman–Crippen MR) is 77.9 cm³/mol. The van der Waals surface area contributed by atoms with Crippen LogP contribution in [0, 0.1) is 0 Å². The molecule has 0 aliphatic heterocycles. The minimum absolute atomic E-state index is 0.131. The Balaban J connectivity index is 2.40. The number of aryl methyl sites for hydroxylation is 1. The fourth-order valence-corrected chi connectivity index (χ4v) is 2.12. The summed E-state index contributed by atoms with van der Waals surface area (Å²) in [6.45, 7) is 6.10. The average Bonchev–Trinajstić information content (AvgIpc) is 2.36. The van der Waals surface area contributed by atoms with Crippen molar-refractivity contribution < 1.29 is 9.90 Å². The topological polar surface area (TPSA) is 40.5 Å². The van der Waals surface area contributed by atoms with Crippen LogP contribution in [0.15, 0.2) is 30.3 Å². The van der Waals surface area contributed by atoms with E-state index in [1.165, 1.54) is 5.56 Å². The zero-order chi connectivity index (χ0) is 14.3. The number of benzene rings is 1. The molecule has 19 heavy (non-hydrogen) atoms. The Bertz CT molecular complexity index is 374. The van der Waals surface area contributed by atoms with Gasteiger partial charge in [-0.1, -0.05) is 30.3 Å². The molecule has 1 atom stereocenters. The van der Waals surface area contributed by atoms with Crippen molar-refractivity contribution in [3.63, 3.8) is 0 Å². The number of nitrogens with zero attached hydrogens (tertiary/aromatic N) is 1. The number of carbonyl (C=O) groups excluding carboxylic acids is 1. The summed E-state index contributed by atoms with van der Waals surface area (Å²) in [4.78, 5) is 13.9. The molecule has 1 N–H and O–H groups in total. The lowest BCUT2D eigenvalue weighted by Crippen LogP contribution is -2.41. The van der Waals surface area contributed by atoms with Gasteiger partial charge in [0.05, 0.1) is 6.10 Å². The van der Waals surface area contributed by atoms with E-state index in [-0.39, 0.29) is 11.9 Å². The third-order valence-electron chi connectivity index (χ3n) is 3.10. The fraction of sp³-hybridized carbons (Fsp3) is 0.562. The summed E-state index contributed by atoms with van der Waals surface area (Å²) in [5.41, 5.74) is 1.27. The van der Waals surface area contributed by atoms with E-state index in [9.17, 15) is 9.90 Å². The number of aliphatic hydroxyl groups is 1. The van der Waals surface area contributed by atoms with Gasteiger partial charge in [0, 0.05) is 19.0 Å². The lowest BCUT2D eigenvalue weighted by molar-refractivity contribution is -0.134. The maximum Gasteiger partial charge on any atom is 0.222 e. The summed E-state index contributed by atoms with van der Waals surface area (Å²) in [7, 11) is 0. The summed E-state index contributed by atoms with van der Waals surface area (Å²) in [5, 5.41) is 9.43. The molecule has 1 rings (SSSR count). The van der Waals surface area contributed by atoms with Gasteiger partial charge in [0.2, 0.25) is 5.91 Å². The number of carbonyl (C=O) groups is 1. The average molecular weight is 263 g/mol. The third-order valence-corrected chi connectivity index (χ3v) is 3.10. The first-order chi connectivity index (χ1) is 9.00. The Morgan fingerprint density at radius 3 is 2.37 bits per heavy atom. The van der Waals surface area contributed by atoms with E-state index in [4.69, 9.17) is 0 Å². The molecule has 1 aromatic rings. The fourth-order valence-electron chi connectivity index (χ4n) is 2.12. The molecule has 106 valence electrons. The Kier molecular flexibility index (Phi) is 6.57. The van der Waals surface area contributed by atoms with Crippen molar-refractivity contribution in [1.29, 1.82) is 0 Å². The van der Waals surface area contributed by atoms with Crippen LogP contribution in [-0.4, -0.2) is 34.6 Å². The molecule has 1 aromatic carbocycles. The Hall–Kier alpha value is -1.35. The van der Waals surface area contributed by atoms with Crippen LogP contribution in [0.4, 0.5) is 0 Å². The quantitative estimate of drug-likeness (QED) is 0.821. The van der Waals surface area contributed by atoms with Crippen LogP contribution in [0.1, 0.15) is 39.2 Å². The molecule has 1 unspecified atom stereocenters. The Morgan fingerprint density at radius 1 is 1.21 bits per heavy atom. The van der Waals surface area contributed by atoms with E-state index in [0.717, 1.165) is 12.8 Å². The second-order valence-corrected chi connectivity index (χ2v) is 5.33. The van der Waals surface area contributed by atoms with Crippen LogP contribution in [0.2, 0.25) is 0 Å². The lowest BCUT2D eigenvalue weighted by atomic mass is 10.1. The molecular formula is C16H25NO2. The van der Waals surface area contributed by atoms with Crippen LogP contribution >= 0.6 is 0 Å². The van der Waals surface area contributed by atoms with Crippen LogP contribution in [-0.2, 0) is 11.2 Å². The van der Waals surface area contributed by atoms with Gasteiger partial charge in [-0.2, -0.15) is 0 Å². The van der Waals surface area contributed by atoms with Gasteiger partial charge in [-0.25, -0.2) is 0 Å². The van der Waals surface area contributed by atoms with Gasteiger partial charge in [0.1, 0.15) is 0 Å². The SMILES string of the molecule is CC(O)CN(C(=O)CCCc1ccccc1)C(C)C. The van der Waals surface area contributed by atoms with Crippen LogP contribution in [0.5, 0.6) is 0 Å². The summed E-state index contributed by atoms with van der Waals surface area (Å²) >= 11 is 0. The highest BCUT2D eigenvalue weighted by Gasteiger charge is 2.17. The highest BCUT2D eigenvalue weighted by atomic mass is 16.3. The standard InChI is InChI=1S/C16H25NO2/c1-13(2)17(12-14(3)18)16(19)11-7-10-15-8-5-4-6-9-15/h4-6,8-9,13-14,18H,7,10-12H2,1-3H3. The smallest absolute Gasteiger partial charge is 0.222 e. The summed E-state index contributed by atoms with van der Waals surface area (Å²) < 4.78 is 0. The van der Waals surface area contributed by atoms with Crippen molar-refractivity contribution in [3.05, 3.63) is 35.9 Å². The maximum absolute atomic E-state index is 12.1. The first-order valence-corrected chi connectivity index (χ1v) is 7.02. The van der Waals surface area contributed by atoms with Gasteiger partial charge in [0.25, 0.3) is 0 Å². The van der Waals surface area contributed by atoms with Gasteiger partial charge >= 0.3 is 0 Å². The largest absolute Gasteiger partial charge is 0.392 e. The first-order valence-electron chi connectivity index (χ1n) is 7.02. The Morgan fingerprint density at radius 2 is 1.84 bits per heavy atom. The predicted octanol–water partition coefficient (Wildman–Crippen LogP) is 2.63. The molecule has 0 saturated carbocycles. The molecule has 0 aromatic heterocycles. The summed E-state index contributed by atoms with van der Waals surface area (Å²) in [5.74, 6) is 0.131. The van der Waals surface area contributed by atoms with E-state index < -0.39 is 6.10 Å². The van der Waals surface area contributed by atoms with Crippen molar-refractivity contribution in [2.24, 2.45) is 0 Å². The van der Waals surface area contributed by atoms with Crippen LogP contribution in [0.3, 0.4) is 0 Å². The second-order valence-electron chi connectivity index (χ2n) is 5.33. The van der Waals surface area contributed by atoms with Crippen LogP contribution < -0.4 is 0 Å². The molecule has 0 saturated heterocycles. The van der Waals surface area contributed by atoms with Gasteiger partial charge in [0.15, 0.2) is 0 Å². The molecule has 0 radical (unpaired) electrons. The normalized spacial score (nSPS) is 12.5. The molecule has 0 aliphatic rings. The molecule has 0 bridgehead atoms. The van der Waals surface area contributed by atoms with E-state index in [0.29, 0.717) is 13.0 Å². The van der Waals surface area contributed by atoms with E-state index in [2.05, 4.69) is 12.1 Å². The lowest BCUT2D eigenvalue weighted by Gasteiger charge is -2.28. The minimum atomic E-state index is -0.472. The van der Waals surface area contributed by atoms with Gasteiger partial charge in [-0.05, 0) is 39.2 Å². The number of amides is 1. The molecular weight excluding hydrogens is 238 g/mol. The molecule has 0 heterocycles. The highest BCUT2D eigenvalue weighted by molar-refractivity contribution is 5.76. The van der Waals surface area contributed by atoms with Crippen molar-refractivity contribution in [2.75, 3.05) is 6.54 Å². The minimum Gasteiger partial charge on any atom is -0.392 e. The number of rotatable bonds is 7. The second kappa shape index (κ2) is 7.95.